The fourth-order valence-electron chi connectivity index (χ4n) is 2.97. The molecule has 0 radical (unpaired) electrons. The highest BCUT2D eigenvalue weighted by molar-refractivity contribution is 5.92. The molecule has 25 heavy (non-hydrogen) atoms. The van der Waals surface area contributed by atoms with Crippen LogP contribution in [0.4, 0.5) is 14.5 Å². The Labute approximate surface area is 152 Å². The van der Waals surface area contributed by atoms with E-state index in [2.05, 4.69) is 10.6 Å². The van der Waals surface area contributed by atoms with Gasteiger partial charge in [0, 0.05) is 12.5 Å². The molecule has 0 spiro atoms. The molecule has 0 fully saturated rings. The van der Waals surface area contributed by atoms with Crippen LogP contribution in [-0.4, -0.2) is 12.5 Å². The molecule has 3 nitrogen and oxygen atoms in total. The van der Waals surface area contributed by atoms with E-state index in [0.717, 1.165) is 12.1 Å². The van der Waals surface area contributed by atoms with Gasteiger partial charge in [0.1, 0.15) is 11.6 Å². The summed E-state index contributed by atoms with van der Waals surface area (Å²) in [6.07, 6.45) is 0.880. The second-order valence-electron chi connectivity index (χ2n) is 6.18. The number of amides is 1. The van der Waals surface area contributed by atoms with Gasteiger partial charge in [-0.3, -0.25) is 4.79 Å². The van der Waals surface area contributed by atoms with E-state index in [1.54, 1.807) is 31.2 Å². The molecule has 1 aliphatic heterocycles. The predicted molar refractivity (Wildman–Crippen MR) is 97.0 cm³/mol. The van der Waals surface area contributed by atoms with Gasteiger partial charge in [-0.25, -0.2) is 8.78 Å². The SMILES string of the molecule is CC(Cc1ccccc1F)C(=O)Nc1ccc2c(c1F)CCNC2.Cl. The molecule has 0 saturated heterocycles. The Bertz CT molecular complexity index is 767. The van der Waals surface area contributed by atoms with Crippen molar-refractivity contribution in [2.75, 3.05) is 11.9 Å². The molecule has 1 amide bonds. The van der Waals surface area contributed by atoms with E-state index in [0.29, 0.717) is 24.1 Å². The van der Waals surface area contributed by atoms with Gasteiger partial charge in [0.25, 0.3) is 0 Å². The summed E-state index contributed by atoms with van der Waals surface area (Å²) in [7, 11) is 0. The molecule has 2 aromatic rings. The highest BCUT2D eigenvalue weighted by atomic mass is 35.5. The Morgan fingerprint density at radius 2 is 2.00 bits per heavy atom. The number of rotatable bonds is 4. The van der Waals surface area contributed by atoms with E-state index in [-0.39, 0.29) is 42.1 Å². The van der Waals surface area contributed by atoms with Crippen molar-refractivity contribution in [3.05, 3.63) is 64.7 Å². The first-order valence-corrected chi connectivity index (χ1v) is 8.11. The van der Waals surface area contributed by atoms with Gasteiger partial charge in [0.2, 0.25) is 5.91 Å². The van der Waals surface area contributed by atoms with E-state index < -0.39 is 5.92 Å². The molecule has 2 aromatic carbocycles. The molecular formula is C19H21ClF2N2O. The molecule has 0 aromatic heterocycles. The molecule has 6 heteroatoms. The lowest BCUT2D eigenvalue weighted by Gasteiger charge is -2.20. The van der Waals surface area contributed by atoms with E-state index >= 15 is 0 Å². The maximum Gasteiger partial charge on any atom is 0.227 e. The number of hydrogen-bond acceptors (Lipinski definition) is 2. The van der Waals surface area contributed by atoms with Gasteiger partial charge >= 0.3 is 0 Å². The van der Waals surface area contributed by atoms with Gasteiger partial charge in [-0.05, 0) is 48.2 Å². The van der Waals surface area contributed by atoms with Crippen LogP contribution >= 0.6 is 12.4 Å². The van der Waals surface area contributed by atoms with Crippen LogP contribution in [0.5, 0.6) is 0 Å². The third kappa shape index (κ3) is 4.35. The minimum absolute atomic E-state index is 0. The zero-order chi connectivity index (χ0) is 17.1. The van der Waals surface area contributed by atoms with Crippen LogP contribution < -0.4 is 10.6 Å². The van der Waals surface area contributed by atoms with E-state index in [1.807, 2.05) is 6.07 Å². The molecule has 1 unspecified atom stereocenters. The first-order chi connectivity index (χ1) is 11.6. The van der Waals surface area contributed by atoms with Crippen LogP contribution in [0.1, 0.15) is 23.6 Å². The van der Waals surface area contributed by atoms with Crippen LogP contribution in [-0.2, 0) is 24.2 Å². The monoisotopic (exact) mass is 366 g/mol. The summed E-state index contributed by atoms with van der Waals surface area (Å²) in [5.41, 5.74) is 2.27. The standard InChI is InChI=1S/C19H20F2N2O.ClH/c1-12(10-13-4-2-3-5-16(13)20)19(24)23-17-7-6-14-11-22-9-8-15(14)18(17)21;/h2-7,12,22H,8-11H2,1H3,(H,23,24);1H. The lowest BCUT2D eigenvalue weighted by atomic mass is 9.98. The summed E-state index contributed by atoms with van der Waals surface area (Å²) in [6.45, 7) is 3.08. The lowest BCUT2D eigenvalue weighted by Crippen LogP contribution is -2.26. The summed E-state index contributed by atoms with van der Waals surface area (Å²) >= 11 is 0. The third-order valence-corrected chi connectivity index (χ3v) is 4.40. The molecule has 2 N–H and O–H groups in total. The summed E-state index contributed by atoms with van der Waals surface area (Å²) in [5.74, 6) is -1.46. The molecule has 1 heterocycles. The minimum atomic E-state index is -0.459. The Morgan fingerprint density at radius 1 is 1.24 bits per heavy atom. The van der Waals surface area contributed by atoms with Crippen molar-refractivity contribution in [2.24, 2.45) is 5.92 Å². The highest BCUT2D eigenvalue weighted by Gasteiger charge is 2.20. The van der Waals surface area contributed by atoms with Crippen molar-refractivity contribution in [3.63, 3.8) is 0 Å². The highest BCUT2D eigenvalue weighted by Crippen LogP contribution is 2.25. The van der Waals surface area contributed by atoms with E-state index in [4.69, 9.17) is 0 Å². The van der Waals surface area contributed by atoms with Gasteiger partial charge in [0.05, 0.1) is 5.69 Å². The number of carbonyl (C=O) groups is 1. The van der Waals surface area contributed by atoms with Crippen molar-refractivity contribution in [3.8, 4) is 0 Å². The van der Waals surface area contributed by atoms with E-state index in [9.17, 15) is 13.6 Å². The van der Waals surface area contributed by atoms with Crippen LogP contribution in [0, 0.1) is 17.6 Å². The quantitative estimate of drug-likeness (QED) is 0.863. The lowest BCUT2D eigenvalue weighted by molar-refractivity contribution is -0.119. The van der Waals surface area contributed by atoms with Gasteiger partial charge in [0.15, 0.2) is 0 Å². The number of anilines is 1. The smallest absolute Gasteiger partial charge is 0.227 e. The fourth-order valence-corrected chi connectivity index (χ4v) is 2.97. The first-order valence-electron chi connectivity index (χ1n) is 8.11. The third-order valence-electron chi connectivity index (χ3n) is 4.40. The normalized spacial score (nSPS) is 14.2. The van der Waals surface area contributed by atoms with E-state index in [1.165, 1.54) is 6.07 Å². The number of hydrogen-bond donors (Lipinski definition) is 2. The van der Waals surface area contributed by atoms with Crippen LogP contribution in [0.15, 0.2) is 36.4 Å². The molecule has 0 saturated carbocycles. The molecular weight excluding hydrogens is 346 g/mol. The number of fused-ring (bicyclic) bond motifs is 1. The van der Waals surface area contributed by atoms with Gasteiger partial charge in [-0.1, -0.05) is 31.2 Å². The minimum Gasteiger partial charge on any atom is -0.323 e. The molecule has 134 valence electrons. The topological polar surface area (TPSA) is 41.1 Å². The van der Waals surface area contributed by atoms with Gasteiger partial charge in [-0.15, -0.1) is 12.4 Å². The van der Waals surface area contributed by atoms with Crippen LogP contribution in [0.2, 0.25) is 0 Å². The second kappa shape index (κ2) is 8.41. The van der Waals surface area contributed by atoms with Crippen molar-refractivity contribution in [1.82, 2.24) is 5.32 Å². The van der Waals surface area contributed by atoms with Crippen molar-refractivity contribution >= 4 is 24.0 Å². The van der Waals surface area contributed by atoms with Crippen LogP contribution in [0.3, 0.4) is 0 Å². The average molecular weight is 367 g/mol. The summed E-state index contributed by atoms with van der Waals surface area (Å²) in [4.78, 5) is 12.3. The molecule has 3 rings (SSSR count). The second-order valence-corrected chi connectivity index (χ2v) is 6.18. The Balaban J connectivity index is 0.00000225. The maximum absolute atomic E-state index is 14.6. The Kier molecular flexibility index (Phi) is 6.51. The average Bonchev–Trinajstić information content (AvgIpc) is 2.59. The number of benzene rings is 2. The Hall–Kier alpha value is -1.98. The zero-order valence-corrected chi connectivity index (χ0v) is 14.8. The summed E-state index contributed by atoms with van der Waals surface area (Å²) in [6, 6.07) is 9.81. The van der Waals surface area contributed by atoms with Crippen molar-refractivity contribution in [2.45, 2.75) is 26.3 Å². The summed E-state index contributed by atoms with van der Waals surface area (Å²) in [5, 5.41) is 5.83. The molecule has 0 bridgehead atoms. The predicted octanol–water partition coefficient (Wildman–Crippen LogP) is 3.85. The number of halogens is 3. The zero-order valence-electron chi connectivity index (χ0n) is 13.9. The van der Waals surface area contributed by atoms with Gasteiger partial charge < -0.3 is 10.6 Å². The number of carbonyl (C=O) groups excluding carboxylic acids is 1. The molecule has 1 atom stereocenters. The molecule has 0 aliphatic carbocycles. The fraction of sp³-hybridized carbons (Fsp3) is 0.316. The first kappa shape index (κ1) is 19.3. The Morgan fingerprint density at radius 3 is 2.76 bits per heavy atom. The van der Waals surface area contributed by atoms with Crippen LogP contribution in [0.25, 0.3) is 0 Å². The maximum atomic E-state index is 14.6. The number of nitrogens with one attached hydrogen (secondary N) is 2. The van der Waals surface area contributed by atoms with Crippen molar-refractivity contribution < 1.29 is 13.6 Å². The molecule has 1 aliphatic rings. The largest absolute Gasteiger partial charge is 0.323 e. The van der Waals surface area contributed by atoms with Crippen molar-refractivity contribution in [1.29, 1.82) is 0 Å². The summed E-state index contributed by atoms with van der Waals surface area (Å²) < 4.78 is 28.3. The van der Waals surface area contributed by atoms with Gasteiger partial charge in [-0.2, -0.15) is 0 Å².